The van der Waals surface area contributed by atoms with Gasteiger partial charge in [-0.2, -0.15) is 0 Å². The summed E-state index contributed by atoms with van der Waals surface area (Å²) in [6.45, 7) is 12.8. The zero-order chi connectivity index (χ0) is 25.0. The van der Waals surface area contributed by atoms with Gasteiger partial charge in [-0.25, -0.2) is 0 Å². The summed E-state index contributed by atoms with van der Waals surface area (Å²) in [5.74, 6) is 0.328. The van der Waals surface area contributed by atoms with Crippen LogP contribution in [0.4, 0.5) is 0 Å². The van der Waals surface area contributed by atoms with Crippen LogP contribution in [0.3, 0.4) is 0 Å². The van der Waals surface area contributed by atoms with Crippen LogP contribution in [0.25, 0.3) is 0 Å². The molecule has 3 rings (SSSR count). The van der Waals surface area contributed by atoms with E-state index in [0.717, 1.165) is 36.4 Å². The number of aliphatic hydroxyl groups is 2. The second kappa shape index (κ2) is 14.3. The highest BCUT2D eigenvalue weighted by Gasteiger charge is 2.41. The summed E-state index contributed by atoms with van der Waals surface area (Å²) in [4.78, 5) is 2.14. The van der Waals surface area contributed by atoms with Crippen molar-refractivity contribution in [2.75, 3.05) is 19.8 Å². The van der Waals surface area contributed by atoms with Crippen molar-refractivity contribution in [3.8, 4) is 0 Å². The monoisotopic (exact) mass is 485 g/mol. The summed E-state index contributed by atoms with van der Waals surface area (Å²) >= 11 is 6.10. The Labute approximate surface area is 210 Å². The lowest BCUT2D eigenvalue weighted by molar-refractivity contribution is -0.0749. The standard InChI is InChI=1S/C26H34ClNO3.C3H6/c1-20-16-23(12-14-31-15-13-29)17-25(30)28(20)26(2,18-21-6-4-3-5-7-21)19-22-8-10-24(27)11-9-22;1-3-2/h3-11,23,25,29-30H,1,12-19H2,2H3;3H,1H2,2H3. The first-order valence-electron chi connectivity index (χ1n) is 12.0. The number of hydrogen-bond donors (Lipinski definition) is 2. The van der Waals surface area contributed by atoms with Crippen molar-refractivity contribution < 1.29 is 14.9 Å². The molecule has 0 bridgehead atoms. The van der Waals surface area contributed by atoms with Gasteiger partial charge < -0.3 is 19.8 Å². The highest BCUT2D eigenvalue weighted by atomic mass is 35.5. The Morgan fingerprint density at radius 2 is 1.68 bits per heavy atom. The molecule has 1 saturated heterocycles. The number of halogens is 1. The number of nitrogens with zero attached hydrogens (tertiary/aromatic N) is 1. The van der Waals surface area contributed by atoms with Gasteiger partial charge in [0.25, 0.3) is 0 Å². The van der Waals surface area contributed by atoms with E-state index in [-0.39, 0.29) is 12.1 Å². The first kappa shape index (κ1) is 28.1. The molecule has 3 unspecified atom stereocenters. The summed E-state index contributed by atoms with van der Waals surface area (Å²) in [5.41, 5.74) is 3.06. The quantitative estimate of drug-likeness (QED) is 0.319. The molecule has 2 aromatic carbocycles. The molecule has 1 aliphatic heterocycles. The van der Waals surface area contributed by atoms with Gasteiger partial charge in [-0.05, 0) is 75.1 Å². The topological polar surface area (TPSA) is 52.9 Å². The van der Waals surface area contributed by atoms with Crippen molar-refractivity contribution in [3.63, 3.8) is 0 Å². The molecule has 2 N–H and O–H groups in total. The molecular formula is C29H40ClNO3. The fourth-order valence-electron chi connectivity index (χ4n) is 4.82. The van der Waals surface area contributed by atoms with E-state index in [1.54, 1.807) is 6.08 Å². The highest BCUT2D eigenvalue weighted by molar-refractivity contribution is 6.30. The van der Waals surface area contributed by atoms with E-state index < -0.39 is 6.23 Å². The van der Waals surface area contributed by atoms with Crippen molar-refractivity contribution in [1.29, 1.82) is 0 Å². The van der Waals surface area contributed by atoms with Crippen LogP contribution in [-0.2, 0) is 17.6 Å². The van der Waals surface area contributed by atoms with Crippen molar-refractivity contribution in [1.82, 2.24) is 4.90 Å². The molecule has 1 aliphatic rings. The van der Waals surface area contributed by atoms with Gasteiger partial charge in [-0.15, -0.1) is 6.58 Å². The molecular weight excluding hydrogens is 446 g/mol. The molecule has 5 heteroatoms. The maximum Gasteiger partial charge on any atom is 0.127 e. The largest absolute Gasteiger partial charge is 0.394 e. The van der Waals surface area contributed by atoms with Gasteiger partial charge >= 0.3 is 0 Å². The smallest absolute Gasteiger partial charge is 0.127 e. The molecule has 0 aromatic heterocycles. The second-order valence-electron chi connectivity index (χ2n) is 9.22. The van der Waals surface area contributed by atoms with E-state index in [2.05, 4.69) is 61.4 Å². The van der Waals surface area contributed by atoms with Crippen LogP contribution < -0.4 is 0 Å². The van der Waals surface area contributed by atoms with Crippen LogP contribution in [0.5, 0.6) is 0 Å². The average Bonchev–Trinajstić information content (AvgIpc) is 2.79. The minimum absolute atomic E-state index is 0.0380. The molecule has 1 heterocycles. The minimum atomic E-state index is -0.592. The average molecular weight is 486 g/mol. The fourth-order valence-corrected chi connectivity index (χ4v) is 4.94. The lowest BCUT2D eigenvalue weighted by Gasteiger charge is -2.51. The first-order valence-corrected chi connectivity index (χ1v) is 12.4. The number of benzene rings is 2. The number of rotatable bonds is 10. The maximum atomic E-state index is 11.2. The van der Waals surface area contributed by atoms with Gasteiger partial charge in [-0.3, -0.25) is 0 Å². The first-order chi connectivity index (χ1) is 16.3. The van der Waals surface area contributed by atoms with Crippen LogP contribution in [0, 0.1) is 5.92 Å². The predicted molar refractivity (Wildman–Crippen MR) is 142 cm³/mol. The lowest BCUT2D eigenvalue weighted by atomic mass is 9.80. The zero-order valence-electron chi connectivity index (χ0n) is 20.6. The van der Waals surface area contributed by atoms with Gasteiger partial charge in [0, 0.05) is 22.9 Å². The number of ether oxygens (including phenoxy) is 1. The van der Waals surface area contributed by atoms with Gasteiger partial charge in [-0.1, -0.05) is 66.7 Å². The Morgan fingerprint density at radius 1 is 1.09 bits per heavy atom. The minimum Gasteiger partial charge on any atom is -0.394 e. The zero-order valence-corrected chi connectivity index (χ0v) is 21.4. The van der Waals surface area contributed by atoms with Gasteiger partial charge in [0.2, 0.25) is 0 Å². The van der Waals surface area contributed by atoms with E-state index in [1.807, 2.05) is 25.1 Å². The van der Waals surface area contributed by atoms with E-state index in [1.165, 1.54) is 11.1 Å². The Morgan fingerprint density at radius 3 is 2.24 bits per heavy atom. The molecule has 186 valence electrons. The van der Waals surface area contributed by atoms with Crippen molar-refractivity contribution in [3.05, 3.63) is 95.7 Å². The van der Waals surface area contributed by atoms with E-state index in [0.29, 0.717) is 25.6 Å². The third-order valence-electron chi connectivity index (χ3n) is 6.12. The molecule has 1 fully saturated rings. The molecule has 0 radical (unpaired) electrons. The molecule has 0 spiro atoms. The number of allylic oxidation sites excluding steroid dienone is 2. The van der Waals surface area contributed by atoms with Gasteiger partial charge in [0.05, 0.1) is 13.2 Å². The number of piperidine rings is 1. The van der Waals surface area contributed by atoms with E-state index in [4.69, 9.17) is 21.4 Å². The SMILES string of the molecule is C=C1CC(CCOCCO)CC(O)N1C(C)(Cc1ccccc1)Cc1ccc(Cl)cc1.C=CC. The van der Waals surface area contributed by atoms with Crippen molar-refractivity contribution in [2.45, 2.75) is 57.7 Å². The predicted octanol–water partition coefficient (Wildman–Crippen LogP) is 6.02. The molecule has 0 saturated carbocycles. The fraction of sp³-hybridized carbons (Fsp3) is 0.448. The third kappa shape index (κ3) is 8.59. The van der Waals surface area contributed by atoms with Crippen LogP contribution in [0.2, 0.25) is 5.02 Å². The molecule has 34 heavy (non-hydrogen) atoms. The van der Waals surface area contributed by atoms with Gasteiger partial charge in [0.1, 0.15) is 6.23 Å². The summed E-state index contributed by atoms with van der Waals surface area (Å²) < 4.78 is 5.43. The summed E-state index contributed by atoms with van der Waals surface area (Å²) in [5, 5.41) is 20.8. The van der Waals surface area contributed by atoms with Crippen molar-refractivity contribution >= 4 is 11.6 Å². The number of aliphatic hydroxyl groups excluding tert-OH is 2. The number of hydrogen-bond acceptors (Lipinski definition) is 4. The Hall–Kier alpha value is -2.11. The van der Waals surface area contributed by atoms with Crippen molar-refractivity contribution in [2.24, 2.45) is 5.92 Å². The van der Waals surface area contributed by atoms with Crippen LogP contribution >= 0.6 is 11.6 Å². The maximum absolute atomic E-state index is 11.2. The lowest BCUT2D eigenvalue weighted by Crippen LogP contribution is -2.56. The highest BCUT2D eigenvalue weighted by Crippen LogP contribution is 2.39. The Kier molecular flexibility index (Phi) is 11.9. The summed E-state index contributed by atoms with van der Waals surface area (Å²) in [7, 11) is 0. The normalized spacial score (nSPS) is 19.7. The Balaban J connectivity index is 0.00000129. The second-order valence-corrected chi connectivity index (χ2v) is 9.65. The summed E-state index contributed by atoms with van der Waals surface area (Å²) in [6.07, 6.45) is 5.12. The number of likely N-dealkylation sites (tertiary alicyclic amines) is 1. The van der Waals surface area contributed by atoms with Gasteiger partial charge in [0.15, 0.2) is 0 Å². The molecule has 3 atom stereocenters. The Bertz CT molecular complexity index is 871. The molecule has 0 amide bonds. The molecule has 2 aromatic rings. The third-order valence-corrected chi connectivity index (χ3v) is 6.37. The van der Waals surface area contributed by atoms with Crippen LogP contribution in [0.15, 0.2) is 79.5 Å². The molecule has 0 aliphatic carbocycles. The summed E-state index contributed by atoms with van der Waals surface area (Å²) in [6, 6.07) is 18.4. The van der Waals surface area contributed by atoms with E-state index >= 15 is 0 Å². The van der Waals surface area contributed by atoms with Crippen LogP contribution in [-0.4, -0.2) is 46.7 Å². The van der Waals surface area contributed by atoms with E-state index in [9.17, 15) is 5.11 Å². The van der Waals surface area contributed by atoms with Crippen LogP contribution in [0.1, 0.15) is 44.2 Å². The molecule has 4 nitrogen and oxygen atoms in total.